The Bertz CT molecular complexity index is 353. The van der Waals surface area contributed by atoms with Crippen LogP contribution in [0.2, 0.25) is 0 Å². The summed E-state index contributed by atoms with van der Waals surface area (Å²) in [5.41, 5.74) is 0. The summed E-state index contributed by atoms with van der Waals surface area (Å²) >= 11 is 0. The van der Waals surface area contributed by atoms with Gasteiger partial charge in [0.1, 0.15) is 0 Å². The minimum Gasteiger partial charge on any atom is -0.487 e. The molecule has 0 aliphatic carbocycles. The Hall–Kier alpha value is -1.55. The molecule has 0 unspecified atom stereocenters. The van der Waals surface area contributed by atoms with Crippen molar-refractivity contribution in [3.63, 3.8) is 0 Å². The van der Waals surface area contributed by atoms with Gasteiger partial charge in [0.05, 0.1) is 12.7 Å². The van der Waals surface area contributed by atoms with Crippen LogP contribution in [0.5, 0.6) is 5.75 Å². The molecule has 1 N–H and O–H groups in total. The highest BCUT2D eigenvalue weighted by Crippen LogP contribution is 2.25. The fourth-order valence-electron chi connectivity index (χ4n) is 1.53. The highest BCUT2D eigenvalue weighted by molar-refractivity contribution is 5.52. The van der Waals surface area contributed by atoms with E-state index in [1.54, 1.807) is 12.3 Å². The van der Waals surface area contributed by atoms with E-state index in [9.17, 15) is 0 Å². The van der Waals surface area contributed by atoms with E-state index in [2.05, 4.69) is 11.6 Å². The van der Waals surface area contributed by atoms with Gasteiger partial charge in [-0.25, -0.2) is 4.98 Å². The SMILES string of the molecule is C=CCN(CCO)c1ncccc1OC(C)C. The van der Waals surface area contributed by atoms with Crippen LogP contribution >= 0.6 is 0 Å². The molecule has 0 atom stereocenters. The fourth-order valence-corrected chi connectivity index (χ4v) is 1.53. The molecule has 0 saturated carbocycles. The summed E-state index contributed by atoms with van der Waals surface area (Å²) in [5, 5.41) is 9.05. The molecular weight excluding hydrogens is 216 g/mol. The van der Waals surface area contributed by atoms with Crippen molar-refractivity contribution >= 4 is 5.82 Å². The van der Waals surface area contributed by atoms with Crippen LogP contribution in [-0.2, 0) is 0 Å². The number of aliphatic hydroxyl groups is 1. The average Bonchev–Trinajstić information content (AvgIpc) is 2.29. The van der Waals surface area contributed by atoms with Crippen LogP contribution in [0.3, 0.4) is 0 Å². The molecule has 0 amide bonds. The van der Waals surface area contributed by atoms with Crippen LogP contribution < -0.4 is 9.64 Å². The molecule has 0 bridgehead atoms. The summed E-state index contributed by atoms with van der Waals surface area (Å²) in [4.78, 5) is 6.25. The number of hydrogen-bond donors (Lipinski definition) is 1. The molecule has 1 aromatic heterocycles. The third-order valence-corrected chi connectivity index (χ3v) is 2.13. The number of rotatable bonds is 7. The second-order valence-corrected chi connectivity index (χ2v) is 3.95. The summed E-state index contributed by atoms with van der Waals surface area (Å²) < 4.78 is 5.70. The maximum Gasteiger partial charge on any atom is 0.171 e. The van der Waals surface area contributed by atoms with Crippen LogP contribution in [0.25, 0.3) is 0 Å². The Morgan fingerprint density at radius 1 is 1.59 bits per heavy atom. The monoisotopic (exact) mass is 236 g/mol. The van der Waals surface area contributed by atoms with Crippen LogP contribution in [-0.4, -0.2) is 35.9 Å². The molecule has 0 aliphatic heterocycles. The van der Waals surface area contributed by atoms with E-state index in [0.29, 0.717) is 13.1 Å². The lowest BCUT2D eigenvalue weighted by molar-refractivity contribution is 0.241. The zero-order valence-electron chi connectivity index (χ0n) is 10.5. The Labute approximate surface area is 103 Å². The molecule has 94 valence electrons. The minimum atomic E-state index is 0.0749. The molecule has 0 saturated heterocycles. The van der Waals surface area contributed by atoms with Gasteiger partial charge in [-0.1, -0.05) is 6.08 Å². The molecule has 4 heteroatoms. The van der Waals surface area contributed by atoms with Gasteiger partial charge in [-0.15, -0.1) is 6.58 Å². The maximum atomic E-state index is 9.05. The Morgan fingerprint density at radius 2 is 2.35 bits per heavy atom. The molecule has 0 fully saturated rings. The van der Waals surface area contributed by atoms with Gasteiger partial charge in [0.25, 0.3) is 0 Å². The van der Waals surface area contributed by atoms with Crippen LogP contribution in [0.15, 0.2) is 31.0 Å². The van der Waals surface area contributed by atoms with E-state index in [0.717, 1.165) is 11.6 Å². The normalized spacial score (nSPS) is 10.4. The first-order valence-electron chi connectivity index (χ1n) is 5.77. The van der Waals surface area contributed by atoms with Gasteiger partial charge >= 0.3 is 0 Å². The molecule has 1 heterocycles. The fraction of sp³-hybridized carbons (Fsp3) is 0.462. The van der Waals surface area contributed by atoms with Gasteiger partial charge in [-0.05, 0) is 26.0 Å². The van der Waals surface area contributed by atoms with Crippen molar-refractivity contribution in [2.45, 2.75) is 20.0 Å². The predicted molar refractivity (Wildman–Crippen MR) is 69.5 cm³/mol. The Morgan fingerprint density at radius 3 is 2.94 bits per heavy atom. The first-order valence-corrected chi connectivity index (χ1v) is 5.77. The summed E-state index contributed by atoms with van der Waals surface area (Å²) in [6, 6.07) is 3.72. The van der Waals surface area contributed by atoms with E-state index in [1.807, 2.05) is 30.9 Å². The third kappa shape index (κ3) is 4.07. The van der Waals surface area contributed by atoms with Crippen LogP contribution in [0, 0.1) is 0 Å². The van der Waals surface area contributed by atoms with Gasteiger partial charge in [0, 0.05) is 19.3 Å². The molecule has 0 spiro atoms. The van der Waals surface area contributed by atoms with Gasteiger partial charge in [0.15, 0.2) is 11.6 Å². The molecule has 0 aromatic carbocycles. The van der Waals surface area contributed by atoms with Gasteiger partial charge in [0.2, 0.25) is 0 Å². The standard InChI is InChI=1S/C13H20N2O2/c1-4-8-15(9-10-16)13-12(17-11(2)3)6-5-7-14-13/h4-7,11,16H,1,8-10H2,2-3H3. The predicted octanol–water partition coefficient (Wildman–Crippen LogP) is 1.85. The second-order valence-electron chi connectivity index (χ2n) is 3.95. The molecule has 1 rings (SSSR count). The molecule has 17 heavy (non-hydrogen) atoms. The number of anilines is 1. The lowest BCUT2D eigenvalue weighted by Gasteiger charge is -2.24. The second kappa shape index (κ2) is 6.91. The number of nitrogens with zero attached hydrogens (tertiary/aromatic N) is 2. The van der Waals surface area contributed by atoms with Crippen molar-refractivity contribution in [2.75, 3.05) is 24.6 Å². The first kappa shape index (κ1) is 13.5. The summed E-state index contributed by atoms with van der Waals surface area (Å²) in [5.74, 6) is 1.48. The quantitative estimate of drug-likeness (QED) is 0.734. The molecule has 1 aromatic rings. The Balaban J connectivity index is 2.95. The lowest BCUT2D eigenvalue weighted by Crippen LogP contribution is -2.28. The highest BCUT2D eigenvalue weighted by atomic mass is 16.5. The number of aromatic nitrogens is 1. The molecule has 0 radical (unpaired) electrons. The van der Waals surface area contributed by atoms with Crippen LogP contribution in [0.1, 0.15) is 13.8 Å². The van der Waals surface area contributed by atoms with E-state index < -0.39 is 0 Å². The topological polar surface area (TPSA) is 45.6 Å². The van der Waals surface area contributed by atoms with Crippen LogP contribution in [0.4, 0.5) is 5.82 Å². The first-order chi connectivity index (χ1) is 8.19. The number of pyridine rings is 1. The van der Waals surface area contributed by atoms with E-state index >= 15 is 0 Å². The van der Waals surface area contributed by atoms with Gasteiger partial charge in [-0.3, -0.25) is 0 Å². The van der Waals surface area contributed by atoms with E-state index in [1.165, 1.54) is 0 Å². The van der Waals surface area contributed by atoms with Crippen molar-refractivity contribution in [3.8, 4) is 5.75 Å². The van der Waals surface area contributed by atoms with Gasteiger partial charge in [-0.2, -0.15) is 0 Å². The van der Waals surface area contributed by atoms with Crippen molar-refractivity contribution in [2.24, 2.45) is 0 Å². The zero-order chi connectivity index (χ0) is 12.7. The largest absolute Gasteiger partial charge is 0.487 e. The molecule has 4 nitrogen and oxygen atoms in total. The third-order valence-electron chi connectivity index (χ3n) is 2.13. The molecule has 0 aliphatic rings. The van der Waals surface area contributed by atoms with E-state index in [4.69, 9.17) is 9.84 Å². The van der Waals surface area contributed by atoms with Crippen molar-refractivity contribution in [1.82, 2.24) is 4.98 Å². The van der Waals surface area contributed by atoms with E-state index in [-0.39, 0.29) is 12.7 Å². The highest BCUT2D eigenvalue weighted by Gasteiger charge is 2.12. The number of aliphatic hydroxyl groups excluding tert-OH is 1. The van der Waals surface area contributed by atoms with Crippen molar-refractivity contribution in [3.05, 3.63) is 31.0 Å². The minimum absolute atomic E-state index is 0.0749. The summed E-state index contributed by atoms with van der Waals surface area (Å²) in [6.07, 6.45) is 3.59. The van der Waals surface area contributed by atoms with Gasteiger partial charge < -0.3 is 14.7 Å². The number of ether oxygens (including phenoxy) is 1. The maximum absolute atomic E-state index is 9.05. The molecular formula is C13H20N2O2. The summed E-state index contributed by atoms with van der Waals surface area (Å²) in [6.45, 7) is 8.87. The number of hydrogen-bond acceptors (Lipinski definition) is 4. The average molecular weight is 236 g/mol. The Kier molecular flexibility index (Phi) is 5.49. The van der Waals surface area contributed by atoms with Crippen molar-refractivity contribution < 1.29 is 9.84 Å². The smallest absolute Gasteiger partial charge is 0.171 e. The summed E-state index contributed by atoms with van der Waals surface area (Å²) in [7, 11) is 0. The lowest BCUT2D eigenvalue weighted by atomic mass is 10.3. The van der Waals surface area contributed by atoms with Crippen molar-refractivity contribution in [1.29, 1.82) is 0 Å². The zero-order valence-corrected chi connectivity index (χ0v) is 10.5.